The molecule has 0 aliphatic carbocycles. The van der Waals surface area contributed by atoms with Crippen molar-refractivity contribution in [3.8, 4) is 5.75 Å². The van der Waals surface area contributed by atoms with Crippen LogP contribution in [0.3, 0.4) is 0 Å². The van der Waals surface area contributed by atoms with Crippen LogP contribution in [0, 0.1) is 15.9 Å². The maximum atomic E-state index is 13.2. The molecule has 3 aromatic rings. The van der Waals surface area contributed by atoms with Crippen molar-refractivity contribution in [1.82, 2.24) is 15.4 Å². The monoisotopic (exact) mass is 467 g/mol. The van der Waals surface area contributed by atoms with Gasteiger partial charge in [0.25, 0.3) is 5.91 Å². The number of rotatable bonds is 7. The van der Waals surface area contributed by atoms with Gasteiger partial charge < -0.3 is 14.5 Å². The number of hydrogen-bond acceptors (Lipinski definition) is 9. The molecule has 0 bridgehead atoms. The van der Waals surface area contributed by atoms with E-state index in [-0.39, 0.29) is 28.7 Å². The molecule has 1 fully saturated rings. The normalized spacial score (nSPS) is 13.4. The third-order valence-corrected chi connectivity index (χ3v) is 5.40. The fourth-order valence-electron chi connectivity index (χ4n) is 3.70. The maximum Gasteiger partial charge on any atom is 0.355 e. The molecule has 0 saturated carbocycles. The van der Waals surface area contributed by atoms with E-state index in [4.69, 9.17) is 4.74 Å². The number of para-hydroxylation sites is 1. The zero-order chi connectivity index (χ0) is 24.1. The number of hydrogen-bond donors (Lipinski definition) is 2. The minimum Gasteiger partial charge on any atom is -0.496 e. The van der Waals surface area contributed by atoms with Crippen molar-refractivity contribution in [2.75, 3.05) is 48.5 Å². The van der Waals surface area contributed by atoms with Crippen LogP contribution in [0.5, 0.6) is 5.75 Å². The summed E-state index contributed by atoms with van der Waals surface area (Å²) >= 11 is 0. The standard InChI is InChI=1S/C22H22FN7O4/c1-34-18-5-3-2-4-17(18)22(31)27-26-20-19(30(32)33)21(25-14-24-20)29-12-10-28(11-13-29)16-8-6-15(23)7-9-16/h2-9,14H,10-13H2,1H3,(H,27,31)(H,24,25,26). The Labute approximate surface area is 194 Å². The number of amides is 1. The van der Waals surface area contributed by atoms with Crippen LogP contribution in [-0.2, 0) is 0 Å². The smallest absolute Gasteiger partial charge is 0.355 e. The summed E-state index contributed by atoms with van der Waals surface area (Å²) in [6.45, 7) is 2.06. The second-order valence-corrected chi connectivity index (χ2v) is 7.38. The molecule has 1 amide bonds. The highest BCUT2D eigenvalue weighted by molar-refractivity contribution is 5.97. The first kappa shape index (κ1) is 22.7. The quantitative estimate of drug-likeness (QED) is 0.398. The molecule has 176 valence electrons. The van der Waals surface area contributed by atoms with Crippen molar-refractivity contribution >= 4 is 28.9 Å². The highest BCUT2D eigenvalue weighted by Crippen LogP contribution is 2.32. The maximum absolute atomic E-state index is 13.2. The van der Waals surface area contributed by atoms with Crippen molar-refractivity contribution in [2.24, 2.45) is 0 Å². The van der Waals surface area contributed by atoms with E-state index in [2.05, 4.69) is 25.7 Å². The summed E-state index contributed by atoms with van der Waals surface area (Å²) in [5, 5.41) is 11.9. The average Bonchev–Trinajstić information content (AvgIpc) is 2.87. The number of halogens is 1. The van der Waals surface area contributed by atoms with E-state index in [1.165, 1.54) is 25.6 Å². The van der Waals surface area contributed by atoms with E-state index in [1.54, 1.807) is 41.3 Å². The number of ether oxygens (including phenoxy) is 1. The highest BCUT2D eigenvalue weighted by atomic mass is 19.1. The van der Waals surface area contributed by atoms with Crippen LogP contribution in [0.1, 0.15) is 10.4 Å². The Morgan fingerprint density at radius 1 is 1.06 bits per heavy atom. The number of nitro groups is 1. The van der Waals surface area contributed by atoms with E-state index in [0.29, 0.717) is 31.9 Å². The molecule has 1 aromatic heterocycles. The second-order valence-electron chi connectivity index (χ2n) is 7.38. The summed E-state index contributed by atoms with van der Waals surface area (Å²) < 4.78 is 18.4. The Bertz CT molecular complexity index is 1180. The summed E-state index contributed by atoms with van der Waals surface area (Å²) in [5.41, 5.74) is 5.75. The molecule has 2 heterocycles. The number of carbonyl (C=O) groups excluding carboxylic acids is 1. The molecule has 1 aliphatic rings. The Kier molecular flexibility index (Phi) is 6.67. The summed E-state index contributed by atoms with van der Waals surface area (Å²) in [6.07, 6.45) is 1.20. The number of anilines is 3. The van der Waals surface area contributed by atoms with Crippen LogP contribution in [-0.4, -0.2) is 54.1 Å². The van der Waals surface area contributed by atoms with Gasteiger partial charge in [-0.1, -0.05) is 12.1 Å². The minimum absolute atomic E-state index is 0.140. The summed E-state index contributed by atoms with van der Waals surface area (Å²) in [5.74, 6) is -0.484. The van der Waals surface area contributed by atoms with E-state index >= 15 is 0 Å². The fraction of sp³-hybridized carbons (Fsp3) is 0.227. The van der Waals surface area contributed by atoms with Crippen molar-refractivity contribution in [3.05, 3.63) is 76.4 Å². The van der Waals surface area contributed by atoms with Crippen LogP contribution >= 0.6 is 0 Å². The first-order valence-corrected chi connectivity index (χ1v) is 10.4. The molecule has 0 radical (unpaired) electrons. The highest BCUT2D eigenvalue weighted by Gasteiger charge is 2.29. The largest absolute Gasteiger partial charge is 0.496 e. The van der Waals surface area contributed by atoms with Gasteiger partial charge in [-0.05, 0) is 36.4 Å². The molecule has 0 unspecified atom stereocenters. The Balaban J connectivity index is 1.49. The van der Waals surface area contributed by atoms with Crippen LogP contribution in [0.15, 0.2) is 54.9 Å². The molecule has 12 heteroatoms. The van der Waals surface area contributed by atoms with Crippen molar-refractivity contribution in [3.63, 3.8) is 0 Å². The topological polar surface area (TPSA) is 126 Å². The average molecular weight is 467 g/mol. The predicted octanol–water partition coefficient (Wildman–Crippen LogP) is 2.62. The van der Waals surface area contributed by atoms with Crippen LogP contribution < -0.4 is 25.4 Å². The molecular weight excluding hydrogens is 445 g/mol. The Morgan fingerprint density at radius 2 is 1.74 bits per heavy atom. The van der Waals surface area contributed by atoms with E-state index in [9.17, 15) is 19.3 Å². The summed E-state index contributed by atoms with van der Waals surface area (Å²) in [6, 6.07) is 12.8. The number of methoxy groups -OCH3 is 1. The number of hydrazine groups is 1. The van der Waals surface area contributed by atoms with E-state index in [1.807, 2.05) is 0 Å². The van der Waals surface area contributed by atoms with Gasteiger partial charge in [0.05, 0.1) is 17.6 Å². The zero-order valence-corrected chi connectivity index (χ0v) is 18.3. The van der Waals surface area contributed by atoms with Gasteiger partial charge in [-0.25, -0.2) is 14.4 Å². The van der Waals surface area contributed by atoms with Crippen LogP contribution in [0.2, 0.25) is 0 Å². The second kappa shape index (κ2) is 9.98. The molecule has 2 N–H and O–H groups in total. The first-order chi connectivity index (χ1) is 16.5. The zero-order valence-electron chi connectivity index (χ0n) is 18.3. The third-order valence-electron chi connectivity index (χ3n) is 5.40. The van der Waals surface area contributed by atoms with Crippen molar-refractivity contribution < 1.29 is 18.8 Å². The van der Waals surface area contributed by atoms with Crippen molar-refractivity contribution in [1.29, 1.82) is 0 Å². The number of aromatic nitrogens is 2. The van der Waals surface area contributed by atoms with E-state index in [0.717, 1.165) is 5.69 Å². The molecule has 1 saturated heterocycles. The number of carbonyl (C=O) groups is 1. The molecule has 4 rings (SSSR count). The van der Waals surface area contributed by atoms with Crippen LogP contribution in [0.4, 0.5) is 27.4 Å². The molecular formula is C22H22FN7O4. The lowest BCUT2D eigenvalue weighted by molar-refractivity contribution is -0.383. The van der Waals surface area contributed by atoms with Gasteiger partial charge in [0, 0.05) is 31.9 Å². The van der Waals surface area contributed by atoms with Gasteiger partial charge in [-0.15, -0.1) is 0 Å². The third kappa shape index (κ3) is 4.80. The fourth-order valence-corrected chi connectivity index (χ4v) is 3.70. The SMILES string of the molecule is COc1ccccc1C(=O)NNc1ncnc(N2CCN(c3ccc(F)cc3)CC2)c1[N+](=O)[O-]. The molecule has 0 atom stereocenters. The van der Waals surface area contributed by atoms with Crippen LogP contribution in [0.25, 0.3) is 0 Å². The lowest BCUT2D eigenvalue weighted by Crippen LogP contribution is -2.47. The number of nitrogens with one attached hydrogen (secondary N) is 2. The Hall–Kier alpha value is -4.48. The lowest BCUT2D eigenvalue weighted by Gasteiger charge is -2.36. The first-order valence-electron chi connectivity index (χ1n) is 10.4. The molecule has 34 heavy (non-hydrogen) atoms. The Morgan fingerprint density at radius 3 is 2.41 bits per heavy atom. The minimum atomic E-state index is -0.584. The van der Waals surface area contributed by atoms with Gasteiger partial charge in [-0.2, -0.15) is 0 Å². The lowest BCUT2D eigenvalue weighted by atomic mass is 10.2. The van der Waals surface area contributed by atoms with Gasteiger partial charge >= 0.3 is 5.69 Å². The van der Waals surface area contributed by atoms with Gasteiger partial charge in [-0.3, -0.25) is 25.8 Å². The van der Waals surface area contributed by atoms with E-state index < -0.39 is 10.8 Å². The molecule has 0 spiro atoms. The molecule has 2 aromatic carbocycles. The number of piperazine rings is 1. The molecule has 1 aliphatic heterocycles. The summed E-state index contributed by atoms with van der Waals surface area (Å²) in [4.78, 5) is 35.8. The van der Waals surface area contributed by atoms with Crippen molar-refractivity contribution in [2.45, 2.75) is 0 Å². The van der Waals surface area contributed by atoms with Gasteiger partial charge in [0.2, 0.25) is 11.6 Å². The number of benzene rings is 2. The number of nitrogens with zero attached hydrogens (tertiary/aromatic N) is 5. The van der Waals surface area contributed by atoms with Gasteiger partial charge in [0.15, 0.2) is 0 Å². The predicted molar refractivity (Wildman–Crippen MR) is 124 cm³/mol. The molecule has 11 nitrogen and oxygen atoms in total. The van der Waals surface area contributed by atoms with Gasteiger partial charge in [0.1, 0.15) is 17.9 Å². The summed E-state index contributed by atoms with van der Waals surface area (Å²) in [7, 11) is 1.44.